The Morgan fingerprint density at radius 1 is 1.45 bits per heavy atom. The van der Waals surface area contributed by atoms with E-state index in [1.165, 1.54) is 0 Å². The summed E-state index contributed by atoms with van der Waals surface area (Å²) in [6, 6.07) is -0.123. The largest absolute Gasteiger partial charge is 0.480 e. The van der Waals surface area contributed by atoms with Crippen molar-refractivity contribution < 1.29 is 27.7 Å². The molecule has 8 nitrogen and oxygen atoms in total. The third-order valence-corrected chi connectivity index (χ3v) is 6.19. The maximum absolute atomic E-state index is 11.2. The summed E-state index contributed by atoms with van der Waals surface area (Å²) in [4.78, 5) is 22.0. The predicted molar refractivity (Wildman–Crippen MR) is 72.3 cm³/mol. The number of aliphatic carboxylic acids is 1. The van der Waals surface area contributed by atoms with E-state index in [1.54, 1.807) is 11.8 Å². The maximum Gasteiger partial charge on any atom is 0.324 e. The molecule has 0 spiro atoms. The molecule has 0 aromatic heterocycles. The lowest BCUT2D eigenvalue weighted by molar-refractivity contribution is -0.136. The third kappa shape index (κ3) is 3.36. The van der Waals surface area contributed by atoms with E-state index in [0.29, 0.717) is 12.8 Å². The van der Waals surface area contributed by atoms with Crippen LogP contribution in [0.15, 0.2) is 0 Å². The lowest BCUT2D eigenvalue weighted by Crippen LogP contribution is -2.37. The van der Waals surface area contributed by atoms with Gasteiger partial charge in [0.25, 0.3) is 10.1 Å². The molecule has 0 saturated carbocycles. The average Bonchev–Trinajstić information content (AvgIpc) is 2.82. The van der Waals surface area contributed by atoms with Crippen LogP contribution in [0, 0.1) is 0 Å². The molecular formula is C10H16N2O6S2. The Labute approximate surface area is 120 Å². The SMILES string of the molecule is O=C1N[C@H]2[C@H](CS[C@H]2CCCC(C(=O)O)S(=O)(=O)O)N1. The van der Waals surface area contributed by atoms with Crippen LogP contribution in [0.4, 0.5) is 4.79 Å². The van der Waals surface area contributed by atoms with Crippen molar-refractivity contribution in [3.63, 3.8) is 0 Å². The highest BCUT2D eigenvalue weighted by Gasteiger charge is 2.42. The Hall–Kier alpha value is -1.00. The molecule has 4 N–H and O–H groups in total. The van der Waals surface area contributed by atoms with E-state index >= 15 is 0 Å². The fraction of sp³-hybridized carbons (Fsp3) is 0.800. The van der Waals surface area contributed by atoms with Crippen LogP contribution < -0.4 is 10.6 Å². The molecule has 2 saturated heterocycles. The van der Waals surface area contributed by atoms with Crippen molar-refractivity contribution in [1.82, 2.24) is 10.6 Å². The van der Waals surface area contributed by atoms with Gasteiger partial charge in [-0.15, -0.1) is 0 Å². The van der Waals surface area contributed by atoms with Gasteiger partial charge < -0.3 is 15.7 Å². The Kier molecular flexibility index (Phi) is 4.45. The van der Waals surface area contributed by atoms with Crippen LogP contribution in [0.25, 0.3) is 0 Å². The highest BCUT2D eigenvalue weighted by atomic mass is 32.2. The Balaban J connectivity index is 1.84. The third-order valence-electron chi connectivity index (χ3n) is 3.53. The molecular weight excluding hydrogens is 308 g/mol. The van der Waals surface area contributed by atoms with Crippen LogP contribution in [0.5, 0.6) is 0 Å². The number of rotatable bonds is 6. The number of hydrogen-bond donors (Lipinski definition) is 4. The van der Waals surface area contributed by atoms with E-state index in [4.69, 9.17) is 9.66 Å². The van der Waals surface area contributed by atoms with Crippen molar-refractivity contribution in [3.05, 3.63) is 0 Å². The standard InChI is InChI=1S/C10H16N2O6S2/c13-9(14)7(20(16,17)18)3-1-2-6-8-5(4-19-6)11-10(15)12-8/h5-8H,1-4H2,(H,13,14)(H2,11,12,15)(H,16,17,18)/t5-,6-,7?,8-/m0/s1. The van der Waals surface area contributed by atoms with Crippen LogP contribution in [0.2, 0.25) is 0 Å². The van der Waals surface area contributed by atoms with Crippen LogP contribution >= 0.6 is 11.8 Å². The van der Waals surface area contributed by atoms with E-state index < -0.39 is 21.3 Å². The lowest BCUT2D eigenvalue weighted by atomic mass is 10.0. The number of carbonyl (C=O) groups is 2. The number of hydrogen-bond acceptors (Lipinski definition) is 5. The number of fused-ring (bicyclic) bond motifs is 1. The lowest BCUT2D eigenvalue weighted by Gasteiger charge is -2.17. The van der Waals surface area contributed by atoms with Crippen LogP contribution in [0.1, 0.15) is 19.3 Å². The molecule has 114 valence electrons. The molecule has 2 fully saturated rings. The molecule has 0 bridgehead atoms. The summed E-state index contributed by atoms with van der Waals surface area (Å²) in [5.74, 6) is -0.755. The molecule has 0 radical (unpaired) electrons. The van der Waals surface area contributed by atoms with Gasteiger partial charge in [0, 0.05) is 11.0 Å². The molecule has 0 aromatic carbocycles. The average molecular weight is 324 g/mol. The van der Waals surface area contributed by atoms with E-state index in [2.05, 4.69) is 10.6 Å². The van der Waals surface area contributed by atoms with Gasteiger partial charge in [-0.05, 0) is 12.8 Å². The van der Waals surface area contributed by atoms with Crippen molar-refractivity contribution >= 4 is 33.9 Å². The second kappa shape index (κ2) is 5.78. The first-order valence-corrected chi connectivity index (χ1v) is 8.72. The van der Waals surface area contributed by atoms with Gasteiger partial charge >= 0.3 is 12.0 Å². The zero-order valence-corrected chi connectivity index (χ0v) is 12.1. The van der Waals surface area contributed by atoms with Crippen LogP contribution in [0.3, 0.4) is 0 Å². The molecule has 2 rings (SSSR count). The van der Waals surface area contributed by atoms with E-state index in [0.717, 1.165) is 5.75 Å². The van der Waals surface area contributed by atoms with Gasteiger partial charge in [-0.2, -0.15) is 20.2 Å². The van der Waals surface area contributed by atoms with Gasteiger partial charge in [0.1, 0.15) is 0 Å². The summed E-state index contributed by atoms with van der Waals surface area (Å²) in [6.07, 6.45) is 0.810. The molecule has 2 amide bonds. The second-order valence-electron chi connectivity index (χ2n) is 4.89. The molecule has 0 aliphatic carbocycles. The minimum Gasteiger partial charge on any atom is -0.480 e. The summed E-state index contributed by atoms with van der Waals surface area (Å²) < 4.78 is 30.7. The molecule has 0 aromatic rings. The summed E-state index contributed by atoms with van der Waals surface area (Å²) in [5, 5.41) is 12.7. The molecule has 4 atom stereocenters. The monoisotopic (exact) mass is 324 g/mol. The van der Waals surface area contributed by atoms with E-state index in [1.807, 2.05) is 0 Å². The molecule has 2 aliphatic rings. The minimum absolute atomic E-state index is 0.00140. The summed E-state index contributed by atoms with van der Waals surface area (Å²) >= 11 is 1.67. The highest BCUT2D eigenvalue weighted by Crippen LogP contribution is 2.33. The molecule has 20 heavy (non-hydrogen) atoms. The van der Waals surface area contributed by atoms with Crippen molar-refractivity contribution in [2.24, 2.45) is 0 Å². The van der Waals surface area contributed by atoms with Gasteiger partial charge in [0.15, 0.2) is 5.25 Å². The summed E-state index contributed by atoms with van der Waals surface area (Å²) in [5.41, 5.74) is 0. The van der Waals surface area contributed by atoms with Crippen molar-refractivity contribution in [3.8, 4) is 0 Å². The highest BCUT2D eigenvalue weighted by molar-refractivity contribution is 8.00. The molecule has 10 heteroatoms. The zero-order chi connectivity index (χ0) is 14.9. The molecule has 2 aliphatic heterocycles. The number of amides is 2. The smallest absolute Gasteiger partial charge is 0.324 e. The van der Waals surface area contributed by atoms with E-state index in [9.17, 15) is 18.0 Å². The number of carbonyl (C=O) groups excluding carboxylic acids is 1. The number of carboxylic acid groups (broad SMARTS) is 1. The normalized spacial score (nSPS) is 30.4. The van der Waals surface area contributed by atoms with Crippen LogP contribution in [-0.2, 0) is 14.9 Å². The number of urea groups is 1. The minimum atomic E-state index is -4.57. The number of thioether (sulfide) groups is 1. The Morgan fingerprint density at radius 3 is 2.75 bits per heavy atom. The molecule has 2 heterocycles. The van der Waals surface area contributed by atoms with Gasteiger partial charge in [0.05, 0.1) is 12.1 Å². The Bertz CT molecular complexity index is 508. The quantitative estimate of drug-likeness (QED) is 0.388. The van der Waals surface area contributed by atoms with E-state index in [-0.39, 0.29) is 29.8 Å². The number of nitrogens with one attached hydrogen (secondary N) is 2. The maximum atomic E-state index is 11.2. The number of carboxylic acids is 1. The first-order valence-electron chi connectivity index (χ1n) is 6.17. The first-order chi connectivity index (χ1) is 9.29. The summed E-state index contributed by atoms with van der Waals surface area (Å²) in [7, 11) is -4.57. The van der Waals surface area contributed by atoms with Crippen molar-refractivity contribution in [1.29, 1.82) is 0 Å². The summed E-state index contributed by atoms with van der Waals surface area (Å²) in [6.45, 7) is 0. The van der Waals surface area contributed by atoms with Crippen LogP contribution in [-0.4, -0.2) is 58.4 Å². The second-order valence-corrected chi connectivity index (χ2v) is 7.77. The predicted octanol–water partition coefficient (Wildman–Crippen LogP) is -0.337. The zero-order valence-electron chi connectivity index (χ0n) is 10.5. The fourth-order valence-electron chi connectivity index (χ4n) is 2.55. The van der Waals surface area contributed by atoms with Gasteiger partial charge in [-0.1, -0.05) is 6.42 Å². The van der Waals surface area contributed by atoms with Gasteiger partial charge in [-0.3, -0.25) is 9.35 Å². The van der Waals surface area contributed by atoms with Crippen molar-refractivity contribution in [2.75, 3.05) is 5.75 Å². The molecule has 1 unspecified atom stereocenters. The topological polar surface area (TPSA) is 133 Å². The fourth-order valence-corrected chi connectivity index (χ4v) is 4.81. The van der Waals surface area contributed by atoms with Gasteiger partial charge in [-0.25, -0.2) is 4.79 Å². The van der Waals surface area contributed by atoms with Crippen molar-refractivity contribution in [2.45, 2.75) is 41.8 Å². The first kappa shape index (κ1) is 15.4. The Morgan fingerprint density at radius 2 is 2.15 bits per heavy atom. The van der Waals surface area contributed by atoms with Gasteiger partial charge in [0.2, 0.25) is 0 Å².